The van der Waals surface area contributed by atoms with Gasteiger partial charge in [0.2, 0.25) is 0 Å². The van der Waals surface area contributed by atoms with Crippen molar-refractivity contribution in [3.63, 3.8) is 0 Å². The molecule has 0 fully saturated rings. The number of rotatable bonds is 8. The summed E-state index contributed by atoms with van der Waals surface area (Å²) in [6.07, 6.45) is 9.91. The number of hydrogen-bond donors (Lipinski definition) is 0. The van der Waals surface area contributed by atoms with Crippen LogP contribution in [0, 0.1) is 24.7 Å². The highest BCUT2D eigenvalue weighted by molar-refractivity contribution is 6.01. The van der Waals surface area contributed by atoms with Gasteiger partial charge in [-0.2, -0.15) is 0 Å². The molecule has 0 aromatic carbocycles. The van der Waals surface area contributed by atoms with Gasteiger partial charge in [0.25, 0.3) is 0 Å². The van der Waals surface area contributed by atoms with E-state index in [0.29, 0.717) is 0 Å². The fraction of sp³-hybridized carbons (Fsp3) is 0.286. The number of hydrogen-bond acceptors (Lipinski definition) is 5. The summed E-state index contributed by atoms with van der Waals surface area (Å²) in [5.74, 6) is 2.64. The molecule has 0 radical (unpaired) electrons. The maximum atomic E-state index is 11.4. The second-order valence-electron chi connectivity index (χ2n) is 3.28. The van der Waals surface area contributed by atoms with Gasteiger partial charge < -0.3 is 14.2 Å². The summed E-state index contributed by atoms with van der Waals surface area (Å²) in [6.45, 7) is 6.65. The highest BCUT2D eigenvalue weighted by Crippen LogP contribution is 2.01. The minimum atomic E-state index is -0.903. The van der Waals surface area contributed by atoms with Crippen molar-refractivity contribution in [2.45, 2.75) is 0 Å². The van der Waals surface area contributed by atoms with Crippen LogP contribution in [0.2, 0.25) is 0 Å². The molecule has 0 aliphatic rings. The quantitative estimate of drug-likeness (QED) is 0.209. The van der Waals surface area contributed by atoms with E-state index in [9.17, 15) is 9.59 Å². The number of carbonyl (C=O) groups excluding carboxylic acids is 2. The van der Waals surface area contributed by atoms with E-state index in [-0.39, 0.29) is 37.6 Å². The fourth-order valence-corrected chi connectivity index (χ4v) is 0.813. The Labute approximate surface area is 112 Å². The minimum Gasteiger partial charge on any atom is -0.386 e. The lowest BCUT2D eigenvalue weighted by molar-refractivity contribution is -0.154. The first-order valence-electron chi connectivity index (χ1n) is 5.17. The van der Waals surface area contributed by atoms with Crippen molar-refractivity contribution in [1.29, 1.82) is 0 Å². The SMILES string of the molecule is C#CCOCC(=C)C(=O)OC(=O)C(=C)COCC#C. The van der Waals surface area contributed by atoms with Crippen LogP contribution in [0.25, 0.3) is 0 Å². The smallest absolute Gasteiger partial charge is 0.343 e. The number of terminal acetylenes is 2. The highest BCUT2D eigenvalue weighted by atomic mass is 16.6. The van der Waals surface area contributed by atoms with Gasteiger partial charge in [0.05, 0.1) is 24.4 Å². The van der Waals surface area contributed by atoms with Crippen LogP contribution in [0.1, 0.15) is 0 Å². The van der Waals surface area contributed by atoms with Crippen LogP contribution in [0.5, 0.6) is 0 Å². The van der Waals surface area contributed by atoms with E-state index in [2.05, 4.69) is 29.7 Å². The van der Waals surface area contributed by atoms with Gasteiger partial charge in [-0.3, -0.25) is 0 Å². The Bertz CT molecular complexity index is 405. The zero-order valence-electron chi connectivity index (χ0n) is 10.4. The standard InChI is InChI=1S/C14H14O5/c1-5-7-17-9-11(3)13(15)19-14(16)12(4)10-18-8-6-2/h1-2H,3-4,7-10H2. The van der Waals surface area contributed by atoms with Crippen LogP contribution in [0.15, 0.2) is 24.3 Å². The van der Waals surface area contributed by atoms with Crippen molar-refractivity contribution in [2.24, 2.45) is 0 Å². The molecule has 0 N–H and O–H groups in total. The predicted octanol–water partition coefficient (Wildman–Crippen LogP) is 0.468. The summed E-state index contributed by atoms with van der Waals surface area (Å²) in [5, 5.41) is 0. The van der Waals surface area contributed by atoms with Gasteiger partial charge in [0.15, 0.2) is 0 Å². The summed E-state index contributed by atoms with van der Waals surface area (Å²) in [4.78, 5) is 22.8. The van der Waals surface area contributed by atoms with Crippen molar-refractivity contribution in [3.8, 4) is 24.7 Å². The van der Waals surface area contributed by atoms with E-state index in [1.807, 2.05) is 0 Å². The molecule has 0 heterocycles. The van der Waals surface area contributed by atoms with E-state index >= 15 is 0 Å². The highest BCUT2D eigenvalue weighted by Gasteiger charge is 2.16. The first-order chi connectivity index (χ1) is 9.02. The molecule has 0 rings (SSSR count). The Hall–Kier alpha value is -2.34. The molecule has 0 saturated carbocycles. The molecule has 0 amide bonds. The Morgan fingerprint density at radius 3 is 1.58 bits per heavy atom. The minimum absolute atomic E-state index is 0.0269. The van der Waals surface area contributed by atoms with Gasteiger partial charge in [-0.05, 0) is 0 Å². The average Bonchev–Trinajstić information content (AvgIpc) is 2.38. The molecule has 0 spiro atoms. The third kappa shape index (κ3) is 7.56. The van der Waals surface area contributed by atoms with Crippen molar-refractivity contribution in [1.82, 2.24) is 0 Å². The lowest BCUT2D eigenvalue weighted by atomic mass is 10.3. The van der Waals surface area contributed by atoms with Crippen molar-refractivity contribution in [2.75, 3.05) is 26.4 Å². The summed E-state index contributed by atoms with van der Waals surface area (Å²) < 4.78 is 14.2. The third-order valence-corrected chi connectivity index (χ3v) is 1.69. The Morgan fingerprint density at radius 1 is 0.895 bits per heavy atom. The molecule has 0 aromatic rings. The molecule has 19 heavy (non-hydrogen) atoms. The largest absolute Gasteiger partial charge is 0.386 e. The van der Waals surface area contributed by atoms with E-state index in [0.717, 1.165) is 0 Å². The van der Waals surface area contributed by atoms with E-state index in [1.165, 1.54) is 0 Å². The number of ether oxygens (including phenoxy) is 3. The van der Waals surface area contributed by atoms with E-state index in [1.54, 1.807) is 0 Å². The molecule has 100 valence electrons. The van der Waals surface area contributed by atoms with Crippen molar-refractivity contribution >= 4 is 11.9 Å². The molecule has 0 aliphatic carbocycles. The average molecular weight is 262 g/mol. The molecular weight excluding hydrogens is 248 g/mol. The molecule has 5 heteroatoms. The second-order valence-corrected chi connectivity index (χ2v) is 3.28. The Balaban J connectivity index is 4.08. The summed E-state index contributed by atoms with van der Waals surface area (Å²) in [7, 11) is 0. The van der Waals surface area contributed by atoms with Gasteiger partial charge in [-0.25, -0.2) is 9.59 Å². The summed E-state index contributed by atoms with van der Waals surface area (Å²) in [5.41, 5.74) is -0.0538. The number of esters is 2. The van der Waals surface area contributed by atoms with Gasteiger partial charge in [0.1, 0.15) is 13.2 Å². The van der Waals surface area contributed by atoms with Crippen LogP contribution in [-0.4, -0.2) is 38.4 Å². The number of carbonyl (C=O) groups is 2. The van der Waals surface area contributed by atoms with Crippen LogP contribution in [0.3, 0.4) is 0 Å². The molecule has 0 unspecified atom stereocenters. The van der Waals surface area contributed by atoms with Crippen LogP contribution >= 0.6 is 0 Å². The third-order valence-electron chi connectivity index (χ3n) is 1.69. The van der Waals surface area contributed by atoms with Gasteiger partial charge in [-0.15, -0.1) is 12.8 Å². The first kappa shape index (κ1) is 16.7. The monoisotopic (exact) mass is 262 g/mol. The molecule has 0 saturated heterocycles. The predicted molar refractivity (Wildman–Crippen MR) is 68.7 cm³/mol. The van der Waals surface area contributed by atoms with Crippen LogP contribution < -0.4 is 0 Å². The van der Waals surface area contributed by atoms with Crippen molar-refractivity contribution < 1.29 is 23.8 Å². The lowest BCUT2D eigenvalue weighted by Crippen LogP contribution is -2.19. The van der Waals surface area contributed by atoms with Crippen LogP contribution in [0.4, 0.5) is 0 Å². The first-order valence-corrected chi connectivity index (χ1v) is 5.17. The van der Waals surface area contributed by atoms with E-state index < -0.39 is 11.9 Å². The Kier molecular flexibility index (Phi) is 8.48. The van der Waals surface area contributed by atoms with Crippen molar-refractivity contribution in [3.05, 3.63) is 24.3 Å². The molecule has 0 aromatic heterocycles. The normalized spacial score (nSPS) is 8.95. The zero-order valence-corrected chi connectivity index (χ0v) is 10.4. The van der Waals surface area contributed by atoms with Gasteiger partial charge in [0, 0.05) is 0 Å². The molecule has 0 atom stereocenters. The zero-order chi connectivity index (χ0) is 14.7. The molecule has 5 nitrogen and oxygen atoms in total. The summed E-state index contributed by atoms with van der Waals surface area (Å²) >= 11 is 0. The molecule has 0 bridgehead atoms. The molecular formula is C14H14O5. The maximum Gasteiger partial charge on any atom is 0.343 e. The topological polar surface area (TPSA) is 61.8 Å². The fourth-order valence-electron chi connectivity index (χ4n) is 0.813. The second kappa shape index (κ2) is 9.67. The summed E-state index contributed by atoms with van der Waals surface area (Å²) in [6, 6.07) is 0. The Morgan fingerprint density at radius 2 is 1.26 bits per heavy atom. The van der Waals surface area contributed by atoms with Gasteiger partial charge >= 0.3 is 11.9 Å². The van der Waals surface area contributed by atoms with Gasteiger partial charge in [-0.1, -0.05) is 25.0 Å². The van der Waals surface area contributed by atoms with E-state index in [4.69, 9.17) is 22.3 Å². The van der Waals surface area contributed by atoms with Crippen LogP contribution in [-0.2, 0) is 23.8 Å². The lowest BCUT2D eigenvalue weighted by Gasteiger charge is -2.07. The molecule has 0 aliphatic heterocycles. The maximum absolute atomic E-state index is 11.4.